The smallest absolute Gasteiger partial charge is 0.327 e. The van der Waals surface area contributed by atoms with E-state index in [4.69, 9.17) is 5.73 Å². The lowest BCUT2D eigenvalue weighted by atomic mass is 10.1. The number of aliphatic carboxylic acids is 1. The summed E-state index contributed by atoms with van der Waals surface area (Å²) in [4.78, 5) is 46.4. The van der Waals surface area contributed by atoms with Crippen LogP contribution in [0.1, 0.15) is 73.1 Å². The standard InChI is InChI=1S/C25H41N3O5S/c1-17(2)8-6-9-18(3)10-7-11-19(4)14-15-34-16-22(25(32)33)28-24(31)21(27-20(5)29)12-13-23(26)30/h8,10,14,21-22H,6-7,9,11-13,15-16H2,1-5H3,(H2,26,30)(H,27,29)(H,28,31)(H,32,33). The SMILES string of the molecule is CC(=O)NC(CCC(N)=O)C(=O)NC(CSCC=C(C)CCC=C(C)CCC=C(C)C)C(=O)O. The third-order valence-corrected chi connectivity index (χ3v) is 5.92. The van der Waals surface area contributed by atoms with Crippen LogP contribution >= 0.6 is 11.8 Å². The third-order valence-electron chi connectivity index (χ3n) is 4.94. The Kier molecular flexibility index (Phi) is 16.5. The molecule has 2 unspecified atom stereocenters. The van der Waals surface area contributed by atoms with Gasteiger partial charge in [0.05, 0.1) is 0 Å². The fourth-order valence-electron chi connectivity index (χ4n) is 2.97. The van der Waals surface area contributed by atoms with Gasteiger partial charge in [0.1, 0.15) is 12.1 Å². The predicted molar refractivity (Wildman–Crippen MR) is 138 cm³/mol. The molecule has 0 fully saturated rings. The van der Waals surface area contributed by atoms with Crippen LogP contribution in [-0.4, -0.2) is 52.4 Å². The molecule has 0 bridgehead atoms. The molecule has 34 heavy (non-hydrogen) atoms. The molecule has 0 aliphatic carbocycles. The van der Waals surface area contributed by atoms with Crippen molar-refractivity contribution in [1.82, 2.24) is 10.6 Å². The van der Waals surface area contributed by atoms with Gasteiger partial charge in [0, 0.05) is 24.9 Å². The quantitative estimate of drug-likeness (QED) is 0.180. The van der Waals surface area contributed by atoms with Crippen LogP contribution in [-0.2, 0) is 19.2 Å². The molecule has 0 rings (SSSR count). The molecule has 5 N–H and O–H groups in total. The monoisotopic (exact) mass is 495 g/mol. The molecule has 8 nitrogen and oxygen atoms in total. The number of hydrogen-bond donors (Lipinski definition) is 4. The lowest BCUT2D eigenvalue weighted by Gasteiger charge is -2.20. The molecule has 0 radical (unpaired) electrons. The molecular weight excluding hydrogens is 454 g/mol. The summed E-state index contributed by atoms with van der Waals surface area (Å²) in [5, 5.41) is 14.3. The van der Waals surface area contributed by atoms with Crippen LogP contribution in [0.5, 0.6) is 0 Å². The van der Waals surface area contributed by atoms with Crippen molar-refractivity contribution in [3.63, 3.8) is 0 Å². The maximum atomic E-state index is 12.4. The number of nitrogens with two attached hydrogens (primary N) is 1. The normalized spacial score (nSPS) is 13.6. The van der Waals surface area contributed by atoms with Crippen LogP contribution in [0.15, 0.2) is 34.9 Å². The van der Waals surface area contributed by atoms with E-state index < -0.39 is 35.8 Å². The first-order valence-corrected chi connectivity index (χ1v) is 12.7. The van der Waals surface area contributed by atoms with Gasteiger partial charge in [-0.25, -0.2) is 4.79 Å². The Hall–Kier alpha value is -2.55. The third kappa shape index (κ3) is 17.0. The predicted octanol–water partition coefficient (Wildman–Crippen LogP) is 3.48. The molecule has 0 aromatic rings. The minimum absolute atomic E-state index is 0.00499. The fraction of sp³-hybridized carbons (Fsp3) is 0.600. The summed E-state index contributed by atoms with van der Waals surface area (Å²) in [5.41, 5.74) is 9.06. The maximum Gasteiger partial charge on any atom is 0.327 e. The number of thioether (sulfide) groups is 1. The maximum absolute atomic E-state index is 12.4. The second-order valence-corrected chi connectivity index (χ2v) is 9.73. The van der Waals surface area contributed by atoms with Crippen LogP contribution in [0.4, 0.5) is 0 Å². The Morgan fingerprint density at radius 3 is 1.97 bits per heavy atom. The van der Waals surface area contributed by atoms with Gasteiger partial charge in [0.15, 0.2) is 0 Å². The second-order valence-electron chi connectivity index (χ2n) is 8.65. The van der Waals surface area contributed by atoms with Crippen molar-refractivity contribution >= 4 is 35.5 Å². The molecule has 0 aliphatic heterocycles. The fourth-order valence-corrected chi connectivity index (χ4v) is 3.97. The molecule has 192 valence electrons. The van der Waals surface area contributed by atoms with E-state index in [0.29, 0.717) is 5.75 Å². The molecule has 0 heterocycles. The molecule has 2 atom stereocenters. The van der Waals surface area contributed by atoms with Crippen LogP contribution < -0.4 is 16.4 Å². The van der Waals surface area contributed by atoms with E-state index in [1.54, 1.807) is 0 Å². The Morgan fingerprint density at radius 1 is 0.853 bits per heavy atom. The minimum Gasteiger partial charge on any atom is -0.480 e. The van der Waals surface area contributed by atoms with E-state index in [9.17, 15) is 24.3 Å². The molecule has 0 saturated heterocycles. The molecule has 0 aromatic carbocycles. The lowest BCUT2D eigenvalue weighted by Crippen LogP contribution is -2.52. The lowest BCUT2D eigenvalue weighted by molar-refractivity contribution is -0.141. The van der Waals surface area contributed by atoms with Gasteiger partial charge in [-0.3, -0.25) is 14.4 Å². The topological polar surface area (TPSA) is 139 Å². The van der Waals surface area contributed by atoms with E-state index in [-0.39, 0.29) is 18.6 Å². The zero-order valence-electron chi connectivity index (χ0n) is 21.1. The summed E-state index contributed by atoms with van der Waals surface area (Å²) in [6.45, 7) is 9.66. The number of carbonyl (C=O) groups is 4. The van der Waals surface area contributed by atoms with E-state index in [2.05, 4.69) is 56.6 Å². The number of carboxylic acid groups (broad SMARTS) is 1. The highest BCUT2D eigenvalue weighted by atomic mass is 32.2. The largest absolute Gasteiger partial charge is 0.480 e. The van der Waals surface area contributed by atoms with Crippen molar-refractivity contribution < 1.29 is 24.3 Å². The van der Waals surface area contributed by atoms with E-state index >= 15 is 0 Å². The van der Waals surface area contributed by atoms with E-state index in [1.807, 2.05) is 0 Å². The molecule has 3 amide bonds. The molecule has 9 heteroatoms. The van der Waals surface area contributed by atoms with Gasteiger partial charge in [-0.15, -0.1) is 0 Å². The number of hydrogen-bond acceptors (Lipinski definition) is 5. The number of amides is 3. The Morgan fingerprint density at radius 2 is 1.44 bits per heavy atom. The Balaban J connectivity index is 4.59. The van der Waals surface area contributed by atoms with Crippen LogP contribution in [0, 0.1) is 0 Å². The minimum atomic E-state index is -1.16. The zero-order valence-corrected chi connectivity index (χ0v) is 21.9. The zero-order chi connectivity index (χ0) is 26.1. The first kappa shape index (κ1) is 31.4. The van der Waals surface area contributed by atoms with Crippen LogP contribution in [0.25, 0.3) is 0 Å². The van der Waals surface area contributed by atoms with Crippen LogP contribution in [0.3, 0.4) is 0 Å². The highest BCUT2D eigenvalue weighted by Crippen LogP contribution is 2.13. The summed E-state index contributed by atoms with van der Waals surface area (Å²) >= 11 is 1.40. The second kappa shape index (κ2) is 17.9. The Bertz CT molecular complexity index is 785. The number of nitrogens with one attached hydrogen (secondary N) is 2. The molecule has 0 saturated carbocycles. The number of rotatable bonds is 17. The van der Waals surface area contributed by atoms with Gasteiger partial charge in [0.25, 0.3) is 0 Å². The average molecular weight is 496 g/mol. The molecular formula is C25H41N3O5S. The van der Waals surface area contributed by atoms with Crippen molar-refractivity contribution in [2.45, 2.75) is 85.2 Å². The highest BCUT2D eigenvalue weighted by molar-refractivity contribution is 7.99. The van der Waals surface area contributed by atoms with E-state index in [1.165, 1.54) is 35.4 Å². The van der Waals surface area contributed by atoms with Gasteiger partial charge < -0.3 is 21.5 Å². The summed E-state index contributed by atoms with van der Waals surface area (Å²) in [5.74, 6) is -2.06. The number of primary amides is 1. The first-order valence-electron chi connectivity index (χ1n) is 11.5. The van der Waals surface area contributed by atoms with Crippen molar-refractivity contribution in [3.05, 3.63) is 34.9 Å². The first-order chi connectivity index (χ1) is 15.9. The van der Waals surface area contributed by atoms with E-state index in [0.717, 1.165) is 25.7 Å². The molecule has 0 spiro atoms. The van der Waals surface area contributed by atoms with Crippen molar-refractivity contribution in [2.75, 3.05) is 11.5 Å². The molecule has 0 aromatic heterocycles. The highest BCUT2D eigenvalue weighted by Gasteiger charge is 2.26. The van der Waals surface area contributed by atoms with Gasteiger partial charge in [-0.1, -0.05) is 34.9 Å². The Labute approximate surface area is 207 Å². The number of carboxylic acids is 1. The average Bonchev–Trinajstić information content (AvgIpc) is 2.72. The van der Waals surface area contributed by atoms with Crippen molar-refractivity contribution in [3.8, 4) is 0 Å². The van der Waals surface area contributed by atoms with Gasteiger partial charge in [-0.05, 0) is 59.8 Å². The van der Waals surface area contributed by atoms with Gasteiger partial charge in [-0.2, -0.15) is 11.8 Å². The van der Waals surface area contributed by atoms with Gasteiger partial charge >= 0.3 is 5.97 Å². The van der Waals surface area contributed by atoms with Crippen molar-refractivity contribution in [2.24, 2.45) is 5.73 Å². The summed E-state index contributed by atoms with van der Waals surface area (Å²) in [6, 6.07) is -2.13. The summed E-state index contributed by atoms with van der Waals surface area (Å²) in [6.07, 6.45) is 10.5. The van der Waals surface area contributed by atoms with Crippen LogP contribution in [0.2, 0.25) is 0 Å². The molecule has 0 aliphatic rings. The number of allylic oxidation sites excluding steroid dienone is 5. The summed E-state index contributed by atoms with van der Waals surface area (Å²) < 4.78 is 0. The summed E-state index contributed by atoms with van der Waals surface area (Å²) in [7, 11) is 0. The number of carbonyl (C=O) groups excluding carboxylic acids is 3. The van der Waals surface area contributed by atoms with Gasteiger partial charge in [0.2, 0.25) is 17.7 Å². The van der Waals surface area contributed by atoms with Crippen molar-refractivity contribution in [1.29, 1.82) is 0 Å².